The number of nitrogens with zero attached hydrogens (tertiary/aromatic N) is 2. The van der Waals surface area contributed by atoms with E-state index in [-0.39, 0.29) is 12.1 Å². The summed E-state index contributed by atoms with van der Waals surface area (Å²) in [4.78, 5) is 23.7. The van der Waals surface area contributed by atoms with E-state index in [4.69, 9.17) is 5.26 Å². The van der Waals surface area contributed by atoms with Gasteiger partial charge in [0, 0.05) is 5.56 Å². The fourth-order valence-electron chi connectivity index (χ4n) is 1.87. The van der Waals surface area contributed by atoms with Crippen molar-refractivity contribution in [2.45, 2.75) is 6.42 Å². The second-order valence-corrected chi connectivity index (χ2v) is 3.92. The van der Waals surface area contributed by atoms with Crippen LogP contribution in [0.25, 0.3) is 22.3 Å². The predicted molar refractivity (Wildman–Crippen MR) is 65.8 cm³/mol. The van der Waals surface area contributed by atoms with E-state index in [1.165, 1.54) is 0 Å². The molecule has 0 aliphatic carbocycles. The first-order chi connectivity index (χ1) is 8.76. The van der Waals surface area contributed by atoms with Gasteiger partial charge in [-0.05, 0) is 12.1 Å². The molecule has 3 N–H and O–H groups in total. The number of nitrogens with one attached hydrogen (secondary N) is 3. The zero-order valence-corrected chi connectivity index (χ0v) is 9.32. The third-order valence-electron chi connectivity index (χ3n) is 2.70. The minimum absolute atomic E-state index is 0.225. The number of rotatable bonds is 2. The lowest BCUT2D eigenvalue weighted by Gasteiger charge is -1.97. The van der Waals surface area contributed by atoms with Crippen LogP contribution < -0.4 is 5.69 Å². The van der Waals surface area contributed by atoms with E-state index < -0.39 is 0 Å². The van der Waals surface area contributed by atoms with Crippen LogP contribution in [0.2, 0.25) is 0 Å². The molecule has 0 bridgehead atoms. The molecule has 3 aromatic rings. The summed E-state index contributed by atoms with van der Waals surface area (Å²) in [6.45, 7) is 0. The molecule has 3 rings (SSSR count). The number of imidazole rings is 2. The first-order valence-electron chi connectivity index (χ1n) is 5.39. The summed E-state index contributed by atoms with van der Waals surface area (Å²) < 4.78 is 0. The Hall–Kier alpha value is -2.81. The van der Waals surface area contributed by atoms with Gasteiger partial charge < -0.3 is 15.0 Å². The van der Waals surface area contributed by atoms with Crippen molar-refractivity contribution >= 4 is 11.0 Å². The molecule has 0 unspecified atom stereocenters. The molecule has 6 heteroatoms. The van der Waals surface area contributed by atoms with E-state index in [9.17, 15) is 4.79 Å². The molecule has 0 saturated carbocycles. The summed E-state index contributed by atoms with van der Waals surface area (Å²) >= 11 is 0. The topological polar surface area (TPSA) is 101 Å². The standard InChI is InChI=1S/C12H9N5O/c13-4-3-11-14-6-10(15-11)7-1-2-8-9(5-7)17-12(18)16-8/h1-2,5-6H,3H2,(H,14,15)(H2,16,17,18). The van der Waals surface area contributed by atoms with Crippen molar-refractivity contribution in [2.24, 2.45) is 0 Å². The first kappa shape index (κ1) is 10.4. The Kier molecular flexibility index (Phi) is 2.24. The molecule has 0 saturated heterocycles. The SMILES string of the molecule is N#CCc1ncc(-c2ccc3[nH]c(=O)[nH]c3c2)[nH]1. The second kappa shape index (κ2) is 3.89. The van der Waals surface area contributed by atoms with Crippen molar-refractivity contribution in [1.29, 1.82) is 5.26 Å². The lowest BCUT2D eigenvalue weighted by atomic mass is 10.1. The largest absolute Gasteiger partial charge is 0.341 e. The van der Waals surface area contributed by atoms with Gasteiger partial charge in [0.2, 0.25) is 0 Å². The molecule has 0 spiro atoms. The van der Waals surface area contributed by atoms with Gasteiger partial charge in [0.25, 0.3) is 0 Å². The van der Waals surface area contributed by atoms with Crippen LogP contribution in [-0.4, -0.2) is 19.9 Å². The maximum absolute atomic E-state index is 11.2. The third kappa shape index (κ3) is 1.68. The van der Waals surface area contributed by atoms with Crippen molar-refractivity contribution < 1.29 is 0 Å². The fraction of sp³-hybridized carbons (Fsp3) is 0.0833. The molecule has 18 heavy (non-hydrogen) atoms. The van der Waals surface area contributed by atoms with Gasteiger partial charge in [0.05, 0.1) is 35.4 Å². The number of hydrogen-bond acceptors (Lipinski definition) is 3. The molecule has 0 amide bonds. The number of hydrogen-bond donors (Lipinski definition) is 3. The lowest BCUT2D eigenvalue weighted by Crippen LogP contribution is -1.99. The van der Waals surface area contributed by atoms with Crippen LogP contribution in [0.3, 0.4) is 0 Å². The summed E-state index contributed by atoms with van der Waals surface area (Å²) in [7, 11) is 0. The molecular formula is C12H9N5O. The van der Waals surface area contributed by atoms with Crippen LogP contribution in [-0.2, 0) is 6.42 Å². The quantitative estimate of drug-likeness (QED) is 0.628. The Morgan fingerprint density at radius 1 is 1.22 bits per heavy atom. The smallest absolute Gasteiger partial charge is 0.323 e. The van der Waals surface area contributed by atoms with E-state index in [0.29, 0.717) is 5.82 Å². The molecule has 2 aromatic heterocycles. The van der Waals surface area contributed by atoms with Gasteiger partial charge in [-0.3, -0.25) is 0 Å². The minimum Gasteiger partial charge on any atom is -0.341 e. The average Bonchev–Trinajstić information content (AvgIpc) is 2.93. The first-order valence-corrected chi connectivity index (χ1v) is 5.39. The van der Waals surface area contributed by atoms with E-state index in [0.717, 1.165) is 22.3 Å². The second-order valence-electron chi connectivity index (χ2n) is 3.92. The van der Waals surface area contributed by atoms with Crippen LogP contribution in [0.4, 0.5) is 0 Å². The van der Waals surface area contributed by atoms with Gasteiger partial charge in [-0.15, -0.1) is 0 Å². The van der Waals surface area contributed by atoms with Crippen LogP contribution in [0.5, 0.6) is 0 Å². The van der Waals surface area contributed by atoms with Gasteiger partial charge >= 0.3 is 5.69 Å². The predicted octanol–water partition coefficient (Wildman–Crippen LogP) is 1.31. The van der Waals surface area contributed by atoms with Gasteiger partial charge in [-0.1, -0.05) is 6.07 Å². The summed E-state index contributed by atoms with van der Waals surface area (Å²) in [6.07, 6.45) is 1.93. The van der Waals surface area contributed by atoms with Crippen LogP contribution >= 0.6 is 0 Å². The Morgan fingerprint density at radius 3 is 2.89 bits per heavy atom. The van der Waals surface area contributed by atoms with Gasteiger partial charge in [0.15, 0.2) is 0 Å². The van der Waals surface area contributed by atoms with Gasteiger partial charge in [0.1, 0.15) is 5.82 Å². The monoisotopic (exact) mass is 239 g/mol. The Bertz CT molecular complexity index is 802. The van der Waals surface area contributed by atoms with E-state index in [1.807, 2.05) is 24.3 Å². The Balaban J connectivity index is 2.07. The molecule has 0 fully saturated rings. The highest BCUT2D eigenvalue weighted by molar-refractivity contribution is 5.80. The normalized spacial score (nSPS) is 10.6. The zero-order chi connectivity index (χ0) is 12.5. The summed E-state index contributed by atoms with van der Waals surface area (Å²) in [6, 6.07) is 7.60. The highest BCUT2D eigenvalue weighted by atomic mass is 16.1. The molecule has 88 valence electrons. The number of H-pyrrole nitrogens is 3. The molecule has 0 atom stereocenters. The minimum atomic E-state index is -0.225. The average molecular weight is 239 g/mol. The molecule has 0 radical (unpaired) electrons. The van der Waals surface area contributed by atoms with Gasteiger partial charge in [-0.25, -0.2) is 9.78 Å². The molecule has 2 heterocycles. The maximum atomic E-state index is 11.2. The maximum Gasteiger partial charge on any atom is 0.323 e. The Labute approximate surface area is 101 Å². The summed E-state index contributed by atoms with van der Waals surface area (Å²) in [5.41, 5.74) is 3.02. The van der Waals surface area contributed by atoms with Crippen LogP contribution in [0.1, 0.15) is 5.82 Å². The molecule has 0 aliphatic heterocycles. The molecular weight excluding hydrogens is 230 g/mol. The van der Waals surface area contributed by atoms with Crippen molar-refractivity contribution in [1.82, 2.24) is 19.9 Å². The van der Waals surface area contributed by atoms with Gasteiger partial charge in [-0.2, -0.15) is 5.26 Å². The summed E-state index contributed by atoms with van der Waals surface area (Å²) in [5, 5.41) is 8.59. The molecule has 0 aliphatic rings. The number of nitriles is 1. The van der Waals surface area contributed by atoms with E-state index in [2.05, 4.69) is 19.9 Å². The van der Waals surface area contributed by atoms with Crippen LogP contribution in [0.15, 0.2) is 29.2 Å². The van der Waals surface area contributed by atoms with E-state index in [1.54, 1.807) is 6.20 Å². The number of aromatic amines is 3. The number of aromatic nitrogens is 4. The highest BCUT2D eigenvalue weighted by Crippen LogP contribution is 2.20. The van der Waals surface area contributed by atoms with Crippen LogP contribution in [0, 0.1) is 11.3 Å². The zero-order valence-electron chi connectivity index (χ0n) is 9.32. The van der Waals surface area contributed by atoms with Crippen molar-refractivity contribution in [3.63, 3.8) is 0 Å². The van der Waals surface area contributed by atoms with E-state index >= 15 is 0 Å². The van der Waals surface area contributed by atoms with Crippen molar-refractivity contribution in [3.05, 3.63) is 40.7 Å². The third-order valence-corrected chi connectivity index (χ3v) is 2.70. The molecule has 6 nitrogen and oxygen atoms in total. The highest BCUT2D eigenvalue weighted by Gasteiger charge is 2.05. The summed E-state index contributed by atoms with van der Waals surface area (Å²) in [5.74, 6) is 0.634. The molecule has 1 aromatic carbocycles. The number of fused-ring (bicyclic) bond motifs is 1. The Morgan fingerprint density at radius 2 is 2.06 bits per heavy atom. The van der Waals surface area contributed by atoms with Crippen molar-refractivity contribution in [3.8, 4) is 17.3 Å². The lowest BCUT2D eigenvalue weighted by molar-refractivity contribution is 1.06. The van der Waals surface area contributed by atoms with Crippen molar-refractivity contribution in [2.75, 3.05) is 0 Å². The number of benzene rings is 1. The fourth-order valence-corrected chi connectivity index (χ4v) is 1.87.